The van der Waals surface area contributed by atoms with Crippen molar-refractivity contribution in [3.05, 3.63) is 136 Å². The smallest absolute Gasteiger partial charge is 0.278 e. The Bertz CT molecular complexity index is 1510. The van der Waals surface area contributed by atoms with Crippen LogP contribution in [-0.2, 0) is 11.3 Å². The molecule has 7 nitrogen and oxygen atoms in total. The highest BCUT2D eigenvalue weighted by atomic mass is 16.5. The Balaban J connectivity index is 1.59. The third-order valence-electron chi connectivity index (χ3n) is 8.52. The van der Waals surface area contributed by atoms with E-state index in [0.29, 0.717) is 13.2 Å². The van der Waals surface area contributed by atoms with Gasteiger partial charge in [0.2, 0.25) is 5.43 Å². The minimum Gasteiger partial charge on any atom is -0.482 e. The maximum atomic E-state index is 14.6. The van der Waals surface area contributed by atoms with Crippen LogP contribution >= 0.6 is 0 Å². The maximum absolute atomic E-state index is 14.6. The number of amides is 1. The molecule has 1 amide bonds. The molecular formula is C35H37N3O4. The second-order valence-corrected chi connectivity index (χ2v) is 11.0. The fourth-order valence-corrected chi connectivity index (χ4v) is 6.61. The summed E-state index contributed by atoms with van der Waals surface area (Å²) in [6.45, 7) is 0.980. The molecule has 42 heavy (non-hydrogen) atoms. The first-order valence-electron chi connectivity index (χ1n) is 14.8. The zero-order valence-corrected chi connectivity index (χ0v) is 24.0. The van der Waals surface area contributed by atoms with Crippen LogP contribution in [0.3, 0.4) is 0 Å². The lowest BCUT2D eigenvalue weighted by Crippen LogP contribution is -2.72. The van der Waals surface area contributed by atoms with E-state index in [1.54, 1.807) is 13.3 Å². The van der Waals surface area contributed by atoms with Crippen LogP contribution in [0.1, 0.15) is 65.3 Å². The normalized spacial score (nSPS) is 16.1. The monoisotopic (exact) mass is 563 g/mol. The summed E-state index contributed by atoms with van der Waals surface area (Å²) in [5.41, 5.74) is 2.45. The van der Waals surface area contributed by atoms with E-state index >= 15 is 0 Å². The molecule has 0 radical (unpaired) electrons. The van der Waals surface area contributed by atoms with Gasteiger partial charge in [-0.1, -0.05) is 97.4 Å². The van der Waals surface area contributed by atoms with E-state index in [1.165, 1.54) is 6.07 Å². The summed E-state index contributed by atoms with van der Waals surface area (Å²) in [7, 11) is 1.66. The highest BCUT2D eigenvalue weighted by molar-refractivity contribution is 5.97. The van der Waals surface area contributed by atoms with Crippen LogP contribution < -0.4 is 15.2 Å². The number of carbonyl (C=O) groups is 1. The molecule has 2 heterocycles. The fourth-order valence-electron chi connectivity index (χ4n) is 6.61. The van der Waals surface area contributed by atoms with E-state index in [2.05, 4.69) is 53.5 Å². The van der Waals surface area contributed by atoms with Crippen molar-refractivity contribution in [2.45, 2.75) is 50.4 Å². The summed E-state index contributed by atoms with van der Waals surface area (Å²) in [4.78, 5) is 30.0. The number of rotatable bonds is 9. The van der Waals surface area contributed by atoms with Crippen LogP contribution in [0.25, 0.3) is 0 Å². The number of methoxy groups -OCH3 is 1. The van der Waals surface area contributed by atoms with Crippen molar-refractivity contribution in [3.63, 3.8) is 0 Å². The third kappa shape index (κ3) is 5.09. The van der Waals surface area contributed by atoms with E-state index < -0.39 is 5.66 Å². The highest BCUT2D eigenvalue weighted by Gasteiger charge is 2.54. The Kier molecular flexibility index (Phi) is 8.11. The lowest BCUT2D eigenvalue weighted by molar-refractivity contribution is -0.00530. The van der Waals surface area contributed by atoms with Crippen LogP contribution in [-0.4, -0.2) is 41.4 Å². The number of hydrogen-bond donors (Lipinski definition) is 0. The number of hydrogen-bond acceptors (Lipinski definition) is 5. The van der Waals surface area contributed by atoms with E-state index in [0.717, 1.165) is 48.8 Å². The first-order chi connectivity index (χ1) is 20.6. The van der Waals surface area contributed by atoms with Gasteiger partial charge in [0, 0.05) is 25.9 Å². The van der Waals surface area contributed by atoms with Gasteiger partial charge in [-0.3, -0.25) is 19.3 Å². The first-order valence-corrected chi connectivity index (χ1v) is 14.8. The molecule has 3 aromatic carbocycles. The van der Waals surface area contributed by atoms with Crippen molar-refractivity contribution in [1.82, 2.24) is 9.58 Å². The summed E-state index contributed by atoms with van der Waals surface area (Å²) in [6, 6.07) is 31.8. The Morgan fingerprint density at radius 2 is 1.38 bits per heavy atom. The molecule has 216 valence electrons. The Morgan fingerprint density at radius 1 is 0.786 bits per heavy atom. The number of ether oxygens (including phenoxy) is 2. The Hall–Kier alpha value is -4.36. The molecular weight excluding hydrogens is 526 g/mol. The molecule has 1 aliphatic heterocycles. The van der Waals surface area contributed by atoms with Gasteiger partial charge in [-0.2, -0.15) is 0 Å². The van der Waals surface area contributed by atoms with Crippen molar-refractivity contribution in [2.75, 3.05) is 25.3 Å². The number of benzene rings is 3. The van der Waals surface area contributed by atoms with Gasteiger partial charge in [-0.25, -0.2) is 0 Å². The molecule has 4 aromatic rings. The molecule has 1 fully saturated rings. The molecule has 7 heteroatoms. The van der Waals surface area contributed by atoms with Crippen molar-refractivity contribution in [1.29, 1.82) is 0 Å². The molecule has 0 N–H and O–H groups in total. The first kappa shape index (κ1) is 27.8. The van der Waals surface area contributed by atoms with Crippen molar-refractivity contribution in [3.8, 4) is 5.75 Å². The average molecular weight is 564 g/mol. The van der Waals surface area contributed by atoms with Crippen LogP contribution in [0.2, 0.25) is 0 Å². The van der Waals surface area contributed by atoms with Gasteiger partial charge in [0.25, 0.3) is 5.91 Å². The summed E-state index contributed by atoms with van der Waals surface area (Å²) >= 11 is 0. The lowest BCUT2D eigenvalue weighted by Gasteiger charge is -2.59. The summed E-state index contributed by atoms with van der Waals surface area (Å²) in [5, 5.41) is 2.35. The van der Waals surface area contributed by atoms with Crippen molar-refractivity contribution in [2.24, 2.45) is 0 Å². The summed E-state index contributed by atoms with van der Waals surface area (Å²) in [5.74, 6) is -0.130. The molecule has 0 bridgehead atoms. The zero-order chi connectivity index (χ0) is 28.9. The molecule has 1 saturated carbocycles. The predicted octanol–water partition coefficient (Wildman–Crippen LogP) is 5.92. The van der Waals surface area contributed by atoms with Crippen LogP contribution in [0.15, 0.2) is 108 Å². The quantitative estimate of drug-likeness (QED) is 0.253. The molecule has 2 aliphatic rings. The minimum absolute atomic E-state index is 0.0734. The van der Waals surface area contributed by atoms with Gasteiger partial charge < -0.3 is 14.4 Å². The molecule has 0 atom stereocenters. The van der Waals surface area contributed by atoms with E-state index in [-0.39, 0.29) is 35.4 Å². The van der Waals surface area contributed by atoms with Gasteiger partial charge in [0.1, 0.15) is 12.3 Å². The number of nitrogens with zero attached hydrogens (tertiary/aromatic N) is 3. The topological polar surface area (TPSA) is 64.0 Å². The predicted molar refractivity (Wildman–Crippen MR) is 163 cm³/mol. The summed E-state index contributed by atoms with van der Waals surface area (Å²) in [6.07, 6.45) is 6.49. The third-order valence-corrected chi connectivity index (χ3v) is 8.52. The maximum Gasteiger partial charge on any atom is 0.278 e. The van der Waals surface area contributed by atoms with Gasteiger partial charge >= 0.3 is 0 Å². The SMILES string of the molecule is COCCN1C(=O)c2c(OCc3ccccc3)c(=O)ccn2N(C(c2ccccc2)c2ccccc2)C12CCCCC2. The standard InChI is InChI=1S/C35H37N3O4/c1-41-25-24-36-34(40)32-33(42-26-27-14-6-2-7-15-27)30(39)20-23-37(32)38(35(36)21-12-5-13-22-35)31(28-16-8-3-9-17-28)29-18-10-4-11-19-29/h2-4,6-11,14-20,23,31H,5,12-13,21-22,24-26H2,1H3. The largest absolute Gasteiger partial charge is 0.482 e. The lowest BCUT2D eigenvalue weighted by atomic mass is 9.83. The fraction of sp³-hybridized carbons (Fsp3) is 0.314. The van der Waals surface area contributed by atoms with Crippen LogP contribution in [0.5, 0.6) is 5.75 Å². The second-order valence-electron chi connectivity index (χ2n) is 11.0. The van der Waals surface area contributed by atoms with E-state index in [1.807, 2.05) is 52.0 Å². The molecule has 1 spiro atoms. The van der Waals surface area contributed by atoms with Crippen LogP contribution in [0, 0.1) is 0 Å². The zero-order valence-electron chi connectivity index (χ0n) is 24.0. The summed E-state index contributed by atoms with van der Waals surface area (Å²) < 4.78 is 13.7. The molecule has 1 aliphatic carbocycles. The Morgan fingerprint density at radius 3 is 1.98 bits per heavy atom. The number of carbonyl (C=O) groups excluding carboxylic acids is 1. The highest BCUT2D eigenvalue weighted by Crippen LogP contribution is 2.46. The number of fused-ring (bicyclic) bond motifs is 1. The average Bonchev–Trinajstić information content (AvgIpc) is 3.04. The van der Waals surface area contributed by atoms with Crippen molar-refractivity contribution < 1.29 is 14.3 Å². The van der Waals surface area contributed by atoms with Gasteiger partial charge in [-0.15, -0.1) is 0 Å². The second kappa shape index (κ2) is 12.2. The van der Waals surface area contributed by atoms with Crippen molar-refractivity contribution >= 4 is 5.91 Å². The molecule has 6 rings (SSSR count). The van der Waals surface area contributed by atoms with Crippen LogP contribution in [0.4, 0.5) is 0 Å². The van der Waals surface area contributed by atoms with E-state index in [9.17, 15) is 9.59 Å². The van der Waals surface area contributed by atoms with Gasteiger partial charge in [0.05, 0.1) is 12.6 Å². The van der Waals surface area contributed by atoms with Gasteiger partial charge in [0.15, 0.2) is 11.4 Å². The number of aromatic nitrogens is 1. The van der Waals surface area contributed by atoms with E-state index in [4.69, 9.17) is 9.47 Å². The molecule has 0 unspecified atom stereocenters. The number of pyridine rings is 1. The van der Waals surface area contributed by atoms with Gasteiger partial charge in [-0.05, 0) is 42.4 Å². The minimum atomic E-state index is -0.622. The molecule has 1 aromatic heterocycles. The molecule has 0 saturated heterocycles. The Labute approximate surface area is 246 Å².